The molecule has 0 saturated heterocycles. The first-order chi connectivity index (χ1) is 13.3. The molecule has 0 saturated carbocycles. The molecule has 0 bridgehead atoms. The highest BCUT2D eigenvalue weighted by Crippen LogP contribution is 2.26. The lowest BCUT2D eigenvalue weighted by Crippen LogP contribution is -1.96. The molecular weight excluding hydrogens is 354 g/mol. The van der Waals surface area contributed by atoms with E-state index in [1.54, 1.807) is 11.3 Å². The summed E-state index contributed by atoms with van der Waals surface area (Å²) in [5.74, 6) is 8.14. The lowest BCUT2D eigenvalue weighted by atomic mass is 10.2. The number of fused-ring (bicyclic) bond motifs is 1. The Hall–Kier alpha value is -2.51. The van der Waals surface area contributed by atoms with Crippen molar-refractivity contribution in [2.75, 3.05) is 13.2 Å². The van der Waals surface area contributed by atoms with Gasteiger partial charge in [-0.25, -0.2) is 4.98 Å². The van der Waals surface area contributed by atoms with Crippen molar-refractivity contribution < 1.29 is 9.47 Å². The highest BCUT2D eigenvalue weighted by molar-refractivity contribution is 7.19. The van der Waals surface area contributed by atoms with Crippen LogP contribution in [0.5, 0.6) is 11.5 Å². The van der Waals surface area contributed by atoms with Crippen molar-refractivity contribution in [1.29, 1.82) is 0 Å². The Morgan fingerprint density at radius 1 is 0.852 bits per heavy atom. The molecule has 3 nitrogen and oxygen atoms in total. The highest BCUT2D eigenvalue weighted by atomic mass is 32.1. The first-order valence-corrected chi connectivity index (χ1v) is 10.4. The molecule has 0 aliphatic rings. The molecule has 0 aliphatic carbocycles. The largest absolute Gasteiger partial charge is 0.494 e. The van der Waals surface area contributed by atoms with Crippen LogP contribution in [0.1, 0.15) is 50.1 Å². The van der Waals surface area contributed by atoms with Crippen LogP contribution in [0.2, 0.25) is 0 Å². The third-order valence-corrected chi connectivity index (χ3v) is 4.95. The van der Waals surface area contributed by atoms with E-state index in [1.807, 2.05) is 36.4 Å². The molecule has 0 amide bonds. The van der Waals surface area contributed by atoms with Gasteiger partial charge in [0.05, 0.1) is 23.4 Å². The third-order valence-electron chi connectivity index (χ3n) is 4.02. The fraction of sp³-hybridized carbons (Fsp3) is 0.348. The summed E-state index contributed by atoms with van der Waals surface area (Å²) < 4.78 is 12.5. The summed E-state index contributed by atoms with van der Waals surface area (Å²) in [7, 11) is 0. The van der Waals surface area contributed by atoms with Gasteiger partial charge in [-0.1, -0.05) is 32.6 Å². The van der Waals surface area contributed by atoms with E-state index in [1.165, 1.54) is 12.8 Å². The monoisotopic (exact) mass is 379 g/mol. The van der Waals surface area contributed by atoms with Crippen LogP contribution in [0.3, 0.4) is 0 Å². The molecule has 140 valence electrons. The zero-order chi connectivity index (χ0) is 18.9. The standard InChI is InChI=1S/C23H25NO2S/c1-3-5-6-16-26-20-12-13-21-22(17-20)27-23(24-21)14-9-18-7-10-19(11-8-18)25-15-4-2/h7-8,10-13,17H,3-6,15-16H2,1-2H3. The summed E-state index contributed by atoms with van der Waals surface area (Å²) in [6.07, 6.45) is 4.50. The Kier molecular flexibility index (Phi) is 7.12. The average Bonchev–Trinajstić information content (AvgIpc) is 3.11. The van der Waals surface area contributed by atoms with Crippen LogP contribution in [0.4, 0.5) is 0 Å². The van der Waals surface area contributed by atoms with Crippen molar-refractivity contribution in [3.63, 3.8) is 0 Å². The van der Waals surface area contributed by atoms with Gasteiger partial charge in [0, 0.05) is 5.56 Å². The van der Waals surface area contributed by atoms with Crippen LogP contribution in [0.25, 0.3) is 10.2 Å². The summed E-state index contributed by atoms with van der Waals surface area (Å²) in [6, 6.07) is 13.9. The second kappa shape index (κ2) is 9.99. The number of thiazole rings is 1. The van der Waals surface area contributed by atoms with Gasteiger partial charge in [0.1, 0.15) is 11.5 Å². The van der Waals surface area contributed by atoms with E-state index < -0.39 is 0 Å². The topological polar surface area (TPSA) is 31.4 Å². The fourth-order valence-corrected chi connectivity index (χ4v) is 3.42. The predicted molar refractivity (Wildman–Crippen MR) is 113 cm³/mol. The SMILES string of the molecule is CCCCCOc1ccc2nc(C#Cc3ccc(OCCC)cc3)sc2c1. The predicted octanol–water partition coefficient (Wildman–Crippen LogP) is 6.05. The van der Waals surface area contributed by atoms with Gasteiger partial charge >= 0.3 is 0 Å². The zero-order valence-electron chi connectivity index (χ0n) is 16.0. The van der Waals surface area contributed by atoms with Gasteiger partial charge in [0.15, 0.2) is 5.01 Å². The van der Waals surface area contributed by atoms with Crippen LogP contribution < -0.4 is 9.47 Å². The van der Waals surface area contributed by atoms with Crippen molar-refractivity contribution in [1.82, 2.24) is 4.98 Å². The second-order valence-corrected chi connectivity index (χ2v) is 7.36. The minimum absolute atomic E-state index is 0.737. The highest BCUT2D eigenvalue weighted by Gasteiger charge is 2.04. The van der Waals surface area contributed by atoms with E-state index in [0.29, 0.717) is 0 Å². The number of unbranched alkanes of at least 4 members (excludes halogenated alkanes) is 2. The molecule has 0 spiro atoms. The Labute approximate surface area is 165 Å². The maximum atomic E-state index is 5.82. The molecule has 3 aromatic rings. The quantitative estimate of drug-likeness (QED) is 0.352. The average molecular weight is 380 g/mol. The molecule has 2 aromatic carbocycles. The number of aromatic nitrogens is 1. The smallest absolute Gasteiger partial charge is 0.168 e. The number of rotatable bonds is 8. The van der Waals surface area contributed by atoms with Crippen molar-refractivity contribution in [2.24, 2.45) is 0 Å². The normalized spacial score (nSPS) is 10.4. The van der Waals surface area contributed by atoms with Gasteiger partial charge in [-0.05, 0) is 61.2 Å². The van der Waals surface area contributed by atoms with Crippen LogP contribution in [0.15, 0.2) is 42.5 Å². The summed E-state index contributed by atoms with van der Waals surface area (Å²) in [5, 5.41) is 0.819. The first kappa shape index (κ1) is 19.3. The van der Waals surface area contributed by atoms with Crippen molar-refractivity contribution in [2.45, 2.75) is 39.5 Å². The minimum Gasteiger partial charge on any atom is -0.494 e. The van der Waals surface area contributed by atoms with Gasteiger partial charge in [0.25, 0.3) is 0 Å². The van der Waals surface area contributed by atoms with E-state index >= 15 is 0 Å². The second-order valence-electron chi connectivity index (χ2n) is 6.33. The van der Waals surface area contributed by atoms with E-state index in [4.69, 9.17) is 9.47 Å². The molecule has 0 aliphatic heterocycles. The molecule has 0 unspecified atom stereocenters. The van der Waals surface area contributed by atoms with E-state index in [2.05, 4.69) is 36.7 Å². The molecule has 0 fully saturated rings. The van der Waals surface area contributed by atoms with Crippen LogP contribution >= 0.6 is 11.3 Å². The molecule has 0 atom stereocenters. The molecule has 27 heavy (non-hydrogen) atoms. The Balaban J connectivity index is 1.66. The number of hydrogen-bond acceptors (Lipinski definition) is 4. The summed E-state index contributed by atoms with van der Waals surface area (Å²) >= 11 is 1.60. The Morgan fingerprint density at radius 3 is 2.41 bits per heavy atom. The van der Waals surface area contributed by atoms with Gasteiger partial charge in [-0.15, -0.1) is 11.3 Å². The lowest BCUT2D eigenvalue weighted by molar-refractivity contribution is 0.306. The van der Waals surface area contributed by atoms with Crippen LogP contribution in [0, 0.1) is 11.8 Å². The number of nitrogens with zero attached hydrogens (tertiary/aromatic N) is 1. The lowest BCUT2D eigenvalue weighted by Gasteiger charge is -2.04. The molecule has 0 N–H and O–H groups in total. The van der Waals surface area contributed by atoms with Crippen LogP contribution in [-0.4, -0.2) is 18.2 Å². The van der Waals surface area contributed by atoms with E-state index in [-0.39, 0.29) is 0 Å². The first-order valence-electron chi connectivity index (χ1n) is 9.56. The molecule has 0 radical (unpaired) electrons. The number of hydrogen-bond donors (Lipinski definition) is 0. The maximum absolute atomic E-state index is 5.82. The molecule has 3 rings (SSSR count). The Morgan fingerprint density at radius 2 is 1.63 bits per heavy atom. The van der Waals surface area contributed by atoms with Crippen molar-refractivity contribution in [3.8, 4) is 23.3 Å². The number of benzene rings is 2. The molecule has 1 heterocycles. The fourth-order valence-electron chi connectivity index (χ4n) is 2.57. The third kappa shape index (κ3) is 5.74. The zero-order valence-corrected chi connectivity index (χ0v) is 16.8. The van der Waals surface area contributed by atoms with Gasteiger partial charge in [-0.2, -0.15) is 0 Å². The minimum atomic E-state index is 0.737. The van der Waals surface area contributed by atoms with Crippen LogP contribution in [-0.2, 0) is 0 Å². The summed E-state index contributed by atoms with van der Waals surface area (Å²) in [5.41, 5.74) is 1.92. The van der Waals surface area contributed by atoms with Crippen molar-refractivity contribution in [3.05, 3.63) is 53.0 Å². The van der Waals surface area contributed by atoms with Gasteiger partial charge in [-0.3, -0.25) is 0 Å². The Bertz CT molecular complexity index is 919. The number of ether oxygens (including phenoxy) is 2. The maximum Gasteiger partial charge on any atom is 0.168 e. The summed E-state index contributed by atoms with van der Waals surface area (Å²) in [4.78, 5) is 4.60. The van der Waals surface area contributed by atoms with E-state index in [0.717, 1.165) is 58.3 Å². The van der Waals surface area contributed by atoms with Crippen molar-refractivity contribution >= 4 is 21.6 Å². The molecular formula is C23H25NO2S. The van der Waals surface area contributed by atoms with E-state index in [9.17, 15) is 0 Å². The van der Waals surface area contributed by atoms with Gasteiger partial charge in [0.2, 0.25) is 0 Å². The van der Waals surface area contributed by atoms with Gasteiger partial charge < -0.3 is 9.47 Å². The summed E-state index contributed by atoms with van der Waals surface area (Å²) in [6.45, 7) is 5.80. The molecule has 4 heteroatoms. The molecule has 1 aromatic heterocycles.